The number of nitrogens with zero attached hydrogens (tertiary/aromatic N) is 3. The van der Waals surface area contributed by atoms with Crippen molar-refractivity contribution in [2.45, 2.75) is 0 Å². The Balaban J connectivity index is 1.20. The standard InChI is InChI=1S/C47H29N3O/c1-3-11-30(12-4-1)31-19-21-32(22-20-31)43-28-44(50-47(49-43)33-13-5-2-6-14-33)41-27-36(26-40-38-16-8-10-18-45(38)51-46(40)41)34-23-24-35-29-48-42-17-9-7-15-37(42)39(35)25-34/h1-29H. The van der Waals surface area contributed by atoms with Crippen molar-refractivity contribution in [2.24, 2.45) is 0 Å². The summed E-state index contributed by atoms with van der Waals surface area (Å²) in [6, 6.07) is 59.0. The van der Waals surface area contributed by atoms with Crippen LogP contribution in [0, 0.1) is 0 Å². The Bertz CT molecular complexity index is 2900. The molecule has 4 nitrogen and oxygen atoms in total. The van der Waals surface area contributed by atoms with Crippen LogP contribution >= 0.6 is 0 Å². The first-order chi connectivity index (χ1) is 25.2. The number of furan rings is 1. The molecule has 0 aliphatic carbocycles. The molecule has 0 unspecified atom stereocenters. The van der Waals surface area contributed by atoms with E-state index in [2.05, 4.69) is 127 Å². The number of benzene rings is 7. The minimum atomic E-state index is 0.662. The van der Waals surface area contributed by atoms with E-state index in [1.165, 1.54) is 10.9 Å². The number of pyridine rings is 1. The Morgan fingerprint density at radius 1 is 0.392 bits per heavy atom. The van der Waals surface area contributed by atoms with Gasteiger partial charge in [-0.25, -0.2) is 9.97 Å². The maximum Gasteiger partial charge on any atom is 0.160 e. The molecule has 0 spiro atoms. The molecule has 3 heterocycles. The molecule has 3 aromatic heterocycles. The third-order valence-corrected chi connectivity index (χ3v) is 9.72. The molecule has 0 N–H and O–H groups in total. The Kier molecular flexibility index (Phi) is 6.78. The molecule has 10 rings (SSSR count). The highest BCUT2D eigenvalue weighted by Crippen LogP contribution is 2.41. The van der Waals surface area contributed by atoms with Gasteiger partial charge in [0.2, 0.25) is 0 Å². The molecule has 0 amide bonds. The van der Waals surface area contributed by atoms with Crippen LogP contribution in [-0.4, -0.2) is 15.0 Å². The van der Waals surface area contributed by atoms with Crippen LogP contribution < -0.4 is 0 Å². The minimum absolute atomic E-state index is 0.662. The predicted octanol–water partition coefficient (Wildman–Crippen LogP) is 12.4. The van der Waals surface area contributed by atoms with Crippen LogP contribution in [0.4, 0.5) is 0 Å². The van der Waals surface area contributed by atoms with Gasteiger partial charge in [-0.05, 0) is 64.0 Å². The van der Waals surface area contributed by atoms with Crippen LogP contribution in [0.2, 0.25) is 0 Å². The Labute approximate surface area is 294 Å². The highest BCUT2D eigenvalue weighted by atomic mass is 16.3. The topological polar surface area (TPSA) is 51.8 Å². The van der Waals surface area contributed by atoms with Gasteiger partial charge in [0, 0.05) is 44.4 Å². The van der Waals surface area contributed by atoms with Crippen LogP contribution in [-0.2, 0) is 0 Å². The molecule has 0 saturated heterocycles. The molecule has 4 heteroatoms. The average molecular weight is 652 g/mol. The van der Waals surface area contributed by atoms with E-state index in [1.807, 2.05) is 48.7 Å². The van der Waals surface area contributed by atoms with E-state index in [-0.39, 0.29) is 0 Å². The van der Waals surface area contributed by atoms with E-state index < -0.39 is 0 Å². The fraction of sp³-hybridized carbons (Fsp3) is 0. The first-order valence-corrected chi connectivity index (χ1v) is 17.1. The predicted molar refractivity (Wildman–Crippen MR) is 209 cm³/mol. The van der Waals surface area contributed by atoms with Crippen molar-refractivity contribution in [1.29, 1.82) is 0 Å². The monoisotopic (exact) mass is 651 g/mol. The lowest BCUT2D eigenvalue weighted by Crippen LogP contribution is -1.96. The molecule has 0 fully saturated rings. The van der Waals surface area contributed by atoms with Crippen molar-refractivity contribution in [3.63, 3.8) is 0 Å². The summed E-state index contributed by atoms with van der Waals surface area (Å²) in [6.45, 7) is 0. The molecule has 0 aliphatic rings. The maximum absolute atomic E-state index is 6.64. The third kappa shape index (κ3) is 5.13. The summed E-state index contributed by atoms with van der Waals surface area (Å²) >= 11 is 0. The van der Waals surface area contributed by atoms with Gasteiger partial charge in [0.25, 0.3) is 0 Å². The average Bonchev–Trinajstić information content (AvgIpc) is 3.59. The molecule has 0 saturated carbocycles. The second-order valence-corrected chi connectivity index (χ2v) is 12.8. The zero-order valence-electron chi connectivity index (χ0n) is 27.5. The molecule has 0 radical (unpaired) electrons. The summed E-state index contributed by atoms with van der Waals surface area (Å²) in [6.07, 6.45) is 1.96. The largest absolute Gasteiger partial charge is 0.455 e. The molecule has 10 aromatic rings. The summed E-state index contributed by atoms with van der Waals surface area (Å²) in [5, 5.41) is 5.54. The molecular formula is C47H29N3O. The van der Waals surface area contributed by atoms with Crippen LogP contribution in [0.5, 0.6) is 0 Å². The highest BCUT2D eigenvalue weighted by Gasteiger charge is 2.19. The smallest absolute Gasteiger partial charge is 0.160 e. The van der Waals surface area contributed by atoms with Gasteiger partial charge in [0.05, 0.1) is 16.9 Å². The lowest BCUT2D eigenvalue weighted by Gasteiger charge is -2.12. The molecule has 0 bridgehead atoms. The first-order valence-electron chi connectivity index (χ1n) is 17.1. The number of para-hydroxylation sites is 2. The van der Waals surface area contributed by atoms with E-state index in [9.17, 15) is 0 Å². The number of aromatic nitrogens is 3. The van der Waals surface area contributed by atoms with Gasteiger partial charge in [-0.1, -0.05) is 133 Å². The second kappa shape index (κ2) is 11.9. The van der Waals surface area contributed by atoms with E-state index in [1.54, 1.807) is 0 Å². The molecule has 0 aliphatic heterocycles. The lowest BCUT2D eigenvalue weighted by molar-refractivity contribution is 0.670. The number of hydrogen-bond acceptors (Lipinski definition) is 4. The molecule has 238 valence electrons. The van der Waals surface area contributed by atoms with Crippen LogP contribution in [0.3, 0.4) is 0 Å². The molecule has 0 atom stereocenters. The van der Waals surface area contributed by atoms with E-state index in [0.717, 1.165) is 83.0 Å². The summed E-state index contributed by atoms with van der Waals surface area (Å²) in [7, 11) is 0. The number of hydrogen-bond donors (Lipinski definition) is 0. The summed E-state index contributed by atoms with van der Waals surface area (Å²) in [5.41, 5.74) is 11.7. The van der Waals surface area contributed by atoms with Gasteiger partial charge in [-0.3, -0.25) is 4.98 Å². The number of rotatable bonds is 5. The van der Waals surface area contributed by atoms with Gasteiger partial charge >= 0.3 is 0 Å². The van der Waals surface area contributed by atoms with Crippen molar-refractivity contribution >= 4 is 43.6 Å². The van der Waals surface area contributed by atoms with E-state index in [4.69, 9.17) is 19.4 Å². The van der Waals surface area contributed by atoms with Crippen molar-refractivity contribution in [3.05, 3.63) is 176 Å². The third-order valence-electron chi connectivity index (χ3n) is 9.72. The van der Waals surface area contributed by atoms with Gasteiger partial charge < -0.3 is 4.42 Å². The van der Waals surface area contributed by atoms with Crippen molar-refractivity contribution < 1.29 is 4.42 Å². The quantitative estimate of drug-likeness (QED) is 0.174. The lowest BCUT2D eigenvalue weighted by atomic mass is 9.95. The van der Waals surface area contributed by atoms with E-state index in [0.29, 0.717) is 5.82 Å². The van der Waals surface area contributed by atoms with Crippen molar-refractivity contribution in [1.82, 2.24) is 15.0 Å². The second-order valence-electron chi connectivity index (χ2n) is 12.8. The van der Waals surface area contributed by atoms with Gasteiger partial charge in [-0.15, -0.1) is 0 Å². The fourth-order valence-corrected chi connectivity index (χ4v) is 7.13. The molecule has 7 aromatic carbocycles. The van der Waals surface area contributed by atoms with Crippen LogP contribution in [0.25, 0.3) is 99.8 Å². The van der Waals surface area contributed by atoms with Gasteiger partial charge in [-0.2, -0.15) is 0 Å². The highest BCUT2D eigenvalue weighted by molar-refractivity contribution is 6.12. The van der Waals surface area contributed by atoms with Gasteiger partial charge in [0.1, 0.15) is 11.2 Å². The number of fused-ring (bicyclic) bond motifs is 6. The fourth-order valence-electron chi connectivity index (χ4n) is 7.13. The SMILES string of the molecule is c1ccc(-c2ccc(-c3cc(-c4cc(-c5ccc6cnc7ccccc7c6c5)cc5c4oc4ccccc45)nc(-c4ccccc4)n3)cc2)cc1. The molecule has 51 heavy (non-hydrogen) atoms. The summed E-state index contributed by atoms with van der Waals surface area (Å²) in [5.74, 6) is 0.662. The van der Waals surface area contributed by atoms with Crippen molar-refractivity contribution in [3.8, 4) is 56.2 Å². The van der Waals surface area contributed by atoms with Crippen LogP contribution in [0.15, 0.2) is 180 Å². The summed E-state index contributed by atoms with van der Waals surface area (Å²) in [4.78, 5) is 15.0. The Hall–Kier alpha value is -6.91. The maximum atomic E-state index is 6.64. The summed E-state index contributed by atoms with van der Waals surface area (Å²) < 4.78 is 6.64. The van der Waals surface area contributed by atoms with Crippen molar-refractivity contribution in [2.75, 3.05) is 0 Å². The van der Waals surface area contributed by atoms with Gasteiger partial charge in [0.15, 0.2) is 5.82 Å². The van der Waals surface area contributed by atoms with Crippen LogP contribution in [0.1, 0.15) is 0 Å². The first kappa shape index (κ1) is 29.0. The zero-order chi connectivity index (χ0) is 33.7. The molecular weight excluding hydrogens is 623 g/mol. The normalized spacial score (nSPS) is 11.5. The Morgan fingerprint density at radius 3 is 1.84 bits per heavy atom. The minimum Gasteiger partial charge on any atom is -0.455 e. The Morgan fingerprint density at radius 2 is 1.02 bits per heavy atom. The zero-order valence-corrected chi connectivity index (χ0v) is 27.5. The van der Waals surface area contributed by atoms with E-state index >= 15 is 0 Å².